The van der Waals surface area contributed by atoms with Crippen LogP contribution in [0.3, 0.4) is 0 Å². The topological polar surface area (TPSA) is 12.0 Å². The van der Waals surface area contributed by atoms with Gasteiger partial charge in [0, 0.05) is 6.04 Å². The number of aryl methyl sites for hydroxylation is 2. The van der Waals surface area contributed by atoms with Crippen LogP contribution in [0.25, 0.3) is 0 Å². The van der Waals surface area contributed by atoms with Crippen LogP contribution in [-0.2, 0) is 6.42 Å². The fourth-order valence-corrected chi connectivity index (χ4v) is 1.83. The van der Waals surface area contributed by atoms with E-state index in [0.29, 0.717) is 6.04 Å². The molecule has 1 N–H and O–H groups in total. The minimum atomic E-state index is 0.395. The first-order valence-electron chi connectivity index (χ1n) is 5.99. The van der Waals surface area contributed by atoms with E-state index < -0.39 is 0 Å². The summed E-state index contributed by atoms with van der Waals surface area (Å²) in [5.41, 5.74) is 5.32. The summed E-state index contributed by atoms with van der Waals surface area (Å²) in [6, 6.07) is 7.09. The average molecular weight is 217 g/mol. The molecule has 1 rings (SSSR count). The number of benzene rings is 1. The third-order valence-corrected chi connectivity index (χ3v) is 3.06. The van der Waals surface area contributed by atoms with Crippen LogP contribution in [0.4, 0.5) is 0 Å². The predicted octanol–water partition coefficient (Wildman–Crippen LogP) is 3.40. The van der Waals surface area contributed by atoms with Gasteiger partial charge in [-0.25, -0.2) is 0 Å². The van der Waals surface area contributed by atoms with Gasteiger partial charge in [-0.15, -0.1) is 0 Å². The maximum Gasteiger partial charge on any atom is 0.0314 e. The van der Waals surface area contributed by atoms with Gasteiger partial charge in [-0.3, -0.25) is 0 Å². The first-order chi connectivity index (χ1) is 7.54. The van der Waals surface area contributed by atoms with E-state index in [1.807, 2.05) is 0 Å². The van der Waals surface area contributed by atoms with Crippen molar-refractivity contribution in [3.05, 3.63) is 47.0 Å². The number of hydrogen-bond donors (Lipinski definition) is 1. The quantitative estimate of drug-likeness (QED) is 0.745. The van der Waals surface area contributed by atoms with Gasteiger partial charge >= 0.3 is 0 Å². The van der Waals surface area contributed by atoms with Crippen LogP contribution in [0, 0.1) is 13.8 Å². The van der Waals surface area contributed by atoms with E-state index in [1.54, 1.807) is 0 Å². The second-order valence-corrected chi connectivity index (χ2v) is 4.58. The molecule has 0 aromatic heterocycles. The first kappa shape index (κ1) is 13.0. The smallest absolute Gasteiger partial charge is 0.0314 e. The third-order valence-electron chi connectivity index (χ3n) is 3.06. The molecule has 0 heterocycles. The molecule has 1 aromatic carbocycles. The highest BCUT2D eigenvalue weighted by Crippen LogP contribution is 2.13. The molecule has 0 aliphatic heterocycles. The second kappa shape index (κ2) is 5.86. The lowest BCUT2D eigenvalue weighted by atomic mass is 9.98. The Hall–Kier alpha value is -1.08. The van der Waals surface area contributed by atoms with Gasteiger partial charge in [-0.1, -0.05) is 37.3 Å². The van der Waals surface area contributed by atoms with E-state index >= 15 is 0 Å². The number of likely N-dealkylation sites (N-methyl/N-ethyl adjacent to an activating group) is 1. The zero-order valence-electron chi connectivity index (χ0n) is 10.9. The minimum absolute atomic E-state index is 0.395. The number of hydrogen-bond acceptors (Lipinski definition) is 1. The van der Waals surface area contributed by atoms with Gasteiger partial charge in [0.05, 0.1) is 0 Å². The molecule has 0 fully saturated rings. The molecule has 0 aliphatic rings. The van der Waals surface area contributed by atoms with E-state index in [9.17, 15) is 0 Å². The summed E-state index contributed by atoms with van der Waals surface area (Å²) >= 11 is 0. The van der Waals surface area contributed by atoms with E-state index in [-0.39, 0.29) is 0 Å². The van der Waals surface area contributed by atoms with Crippen molar-refractivity contribution in [1.82, 2.24) is 5.32 Å². The zero-order chi connectivity index (χ0) is 12.1. The molecule has 0 radical (unpaired) electrons. The van der Waals surface area contributed by atoms with E-state index in [2.05, 4.69) is 57.8 Å². The van der Waals surface area contributed by atoms with Gasteiger partial charge in [0.25, 0.3) is 0 Å². The molecule has 1 atom stereocenters. The monoisotopic (exact) mass is 217 g/mol. The summed E-state index contributed by atoms with van der Waals surface area (Å²) in [7, 11) is 0. The Morgan fingerprint density at radius 2 is 2.00 bits per heavy atom. The van der Waals surface area contributed by atoms with Gasteiger partial charge < -0.3 is 5.32 Å². The zero-order valence-corrected chi connectivity index (χ0v) is 10.9. The van der Waals surface area contributed by atoms with Crippen molar-refractivity contribution >= 4 is 0 Å². The molecule has 0 amide bonds. The van der Waals surface area contributed by atoms with Crippen molar-refractivity contribution in [3.8, 4) is 0 Å². The molecule has 1 nitrogen and oxygen atoms in total. The molecule has 1 aromatic rings. The van der Waals surface area contributed by atoms with Gasteiger partial charge in [0.2, 0.25) is 0 Å². The molecule has 0 saturated carbocycles. The second-order valence-electron chi connectivity index (χ2n) is 4.58. The van der Waals surface area contributed by atoms with Crippen LogP contribution in [-0.4, -0.2) is 12.6 Å². The molecule has 1 heteroatoms. The summed E-state index contributed by atoms with van der Waals surface area (Å²) in [6.07, 6.45) is 1.03. The molecule has 1 unspecified atom stereocenters. The van der Waals surface area contributed by atoms with E-state index in [0.717, 1.165) is 13.0 Å². The highest BCUT2D eigenvalue weighted by atomic mass is 14.9. The van der Waals surface area contributed by atoms with Crippen LogP contribution in [0.15, 0.2) is 30.4 Å². The maximum atomic E-state index is 4.05. The Morgan fingerprint density at radius 3 is 2.50 bits per heavy atom. The number of nitrogens with one attached hydrogen (secondary N) is 1. The Morgan fingerprint density at radius 1 is 1.31 bits per heavy atom. The highest BCUT2D eigenvalue weighted by Gasteiger charge is 2.09. The molecule has 0 aliphatic carbocycles. The van der Waals surface area contributed by atoms with Crippen molar-refractivity contribution < 1.29 is 0 Å². The molecule has 0 spiro atoms. The van der Waals surface area contributed by atoms with Crippen molar-refractivity contribution in [3.63, 3.8) is 0 Å². The molecule has 16 heavy (non-hydrogen) atoms. The normalized spacial score (nSPS) is 12.5. The average Bonchev–Trinajstić information content (AvgIpc) is 2.22. The van der Waals surface area contributed by atoms with Gasteiger partial charge in [0.1, 0.15) is 0 Å². The fourth-order valence-electron chi connectivity index (χ4n) is 1.83. The highest BCUT2D eigenvalue weighted by molar-refractivity contribution is 5.31. The molecular formula is C15H23N. The third kappa shape index (κ3) is 3.49. The summed E-state index contributed by atoms with van der Waals surface area (Å²) in [4.78, 5) is 0. The van der Waals surface area contributed by atoms with Crippen LogP contribution in [0.1, 0.15) is 30.5 Å². The SMILES string of the molecule is C=C(C)C(Cc1ccc(C)c(C)c1)NCC. The molecular weight excluding hydrogens is 194 g/mol. The lowest BCUT2D eigenvalue weighted by Crippen LogP contribution is -2.31. The van der Waals surface area contributed by atoms with E-state index in [4.69, 9.17) is 0 Å². The lowest BCUT2D eigenvalue weighted by molar-refractivity contribution is 0.587. The molecule has 0 saturated heterocycles. The summed E-state index contributed by atoms with van der Waals surface area (Å²) in [5.74, 6) is 0. The minimum Gasteiger partial charge on any atom is -0.310 e. The molecule has 0 bridgehead atoms. The van der Waals surface area contributed by atoms with Crippen LogP contribution >= 0.6 is 0 Å². The lowest BCUT2D eigenvalue weighted by Gasteiger charge is -2.18. The summed E-state index contributed by atoms with van der Waals surface area (Å²) < 4.78 is 0. The van der Waals surface area contributed by atoms with Crippen molar-refractivity contribution in [2.75, 3.05) is 6.54 Å². The Bertz CT molecular complexity index is 366. The van der Waals surface area contributed by atoms with Gasteiger partial charge in [0.15, 0.2) is 0 Å². The van der Waals surface area contributed by atoms with Crippen molar-refractivity contribution in [2.24, 2.45) is 0 Å². The van der Waals surface area contributed by atoms with Gasteiger partial charge in [-0.05, 0) is 50.4 Å². The van der Waals surface area contributed by atoms with Crippen LogP contribution < -0.4 is 5.32 Å². The first-order valence-corrected chi connectivity index (χ1v) is 5.99. The van der Waals surface area contributed by atoms with E-state index in [1.165, 1.54) is 22.3 Å². The predicted molar refractivity (Wildman–Crippen MR) is 71.9 cm³/mol. The summed E-state index contributed by atoms with van der Waals surface area (Å²) in [5, 5.41) is 3.47. The van der Waals surface area contributed by atoms with Crippen molar-refractivity contribution in [2.45, 2.75) is 40.2 Å². The largest absolute Gasteiger partial charge is 0.310 e. The fraction of sp³-hybridized carbons (Fsp3) is 0.467. The van der Waals surface area contributed by atoms with Crippen LogP contribution in [0.2, 0.25) is 0 Å². The van der Waals surface area contributed by atoms with Gasteiger partial charge in [-0.2, -0.15) is 0 Å². The Kier molecular flexibility index (Phi) is 4.75. The maximum absolute atomic E-state index is 4.05. The number of rotatable bonds is 5. The Balaban J connectivity index is 2.77. The van der Waals surface area contributed by atoms with Crippen molar-refractivity contribution in [1.29, 1.82) is 0 Å². The van der Waals surface area contributed by atoms with Crippen LogP contribution in [0.5, 0.6) is 0 Å². The summed E-state index contributed by atoms with van der Waals surface area (Å²) in [6.45, 7) is 13.6. The molecule has 88 valence electrons. The Labute approximate surface area is 99.6 Å². The standard InChI is InChI=1S/C15H23N/c1-6-16-15(11(2)3)10-14-8-7-12(4)13(5)9-14/h7-9,15-16H,2,6,10H2,1,3-5H3.